The number of ether oxygens (including phenoxy) is 5. The summed E-state index contributed by atoms with van der Waals surface area (Å²) in [6, 6.07) is 0. The molecule has 2 fully saturated rings. The molecule has 7 nitrogen and oxygen atoms in total. The van der Waals surface area contributed by atoms with Crippen LogP contribution in [-0.4, -0.2) is 56.4 Å². The van der Waals surface area contributed by atoms with E-state index in [1.54, 1.807) is 13.8 Å². The van der Waals surface area contributed by atoms with Crippen molar-refractivity contribution in [3.63, 3.8) is 0 Å². The van der Waals surface area contributed by atoms with Gasteiger partial charge in [0.2, 0.25) is 0 Å². The fourth-order valence-corrected chi connectivity index (χ4v) is 3.04. The van der Waals surface area contributed by atoms with E-state index in [0.717, 1.165) is 0 Å². The molecule has 2 saturated heterocycles. The maximum atomic E-state index is 11.9. The molecule has 7 heteroatoms. The molecule has 110 valence electrons. The molecule has 3 aliphatic rings. The number of carbonyl (C=O) groups is 2. The van der Waals surface area contributed by atoms with E-state index in [0.29, 0.717) is 0 Å². The summed E-state index contributed by atoms with van der Waals surface area (Å²) in [6.45, 7) is 3.56. The smallest absolute Gasteiger partial charge is 0.337 e. The molecule has 0 aromatic rings. The normalized spacial score (nSPS) is 37.0. The van der Waals surface area contributed by atoms with Gasteiger partial charge in [0.05, 0.1) is 25.4 Å². The van der Waals surface area contributed by atoms with Crippen LogP contribution in [0.1, 0.15) is 13.8 Å². The van der Waals surface area contributed by atoms with Gasteiger partial charge in [-0.2, -0.15) is 0 Å². The Morgan fingerprint density at radius 3 is 1.70 bits per heavy atom. The van der Waals surface area contributed by atoms with Gasteiger partial charge in [-0.25, -0.2) is 9.59 Å². The second-order valence-electron chi connectivity index (χ2n) is 5.35. The summed E-state index contributed by atoms with van der Waals surface area (Å²) in [5, 5.41) is 0. The summed E-state index contributed by atoms with van der Waals surface area (Å²) in [7, 11) is 2.51. The van der Waals surface area contributed by atoms with Crippen LogP contribution in [0.15, 0.2) is 11.1 Å². The molecular weight excluding hydrogens is 268 g/mol. The first-order valence-corrected chi connectivity index (χ1v) is 6.31. The van der Waals surface area contributed by atoms with Gasteiger partial charge >= 0.3 is 11.9 Å². The Kier molecular flexibility index (Phi) is 2.89. The van der Waals surface area contributed by atoms with Crippen LogP contribution in [0.4, 0.5) is 0 Å². The predicted molar refractivity (Wildman–Crippen MR) is 63.5 cm³/mol. The van der Waals surface area contributed by atoms with Crippen LogP contribution in [-0.2, 0) is 33.3 Å². The summed E-state index contributed by atoms with van der Waals surface area (Å²) in [6.07, 6.45) is -2.16. The highest BCUT2D eigenvalue weighted by Crippen LogP contribution is 2.49. The molecule has 0 aliphatic carbocycles. The SMILES string of the molecule is COC(=O)C1=C(C(=O)OC)[C@@H]2O[C@H]1[C@H]1OC(C)(C)O[C@H]12. The fourth-order valence-electron chi connectivity index (χ4n) is 3.04. The molecular formula is C13H16O7. The molecule has 20 heavy (non-hydrogen) atoms. The van der Waals surface area contributed by atoms with Crippen LogP contribution in [0, 0.1) is 0 Å². The van der Waals surface area contributed by atoms with Crippen LogP contribution >= 0.6 is 0 Å². The summed E-state index contributed by atoms with van der Waals surface area (Å²) < 4.78 is 26.6. The minimum Gasteiger partial charge on any atom is -0.466 e. The lowest BCUT2D eigenvalue weighted by molar-refractivity contribution is -0.177. The zero-order chi connectivity index (χ0) is 14.7. The molecule has 0 radical (unpaired) electrons. The second-order valence-corrected chi connectivity index (χ2v) is 5.35. The zero-order valence-electron chi connectivity index (χ0n) is 11.7. The Bertz CT molecular complexity index is 465. The average molecular weight is 284 g/mol. The van der Waals surface area contributed by atoms with Crippen LogP contribution in [0.3, 0.4) is 0 Å². The van der Waals surface area contributed by atoms with Crippen LogP contribution in [0.25, 0.3) is 0 Å². The zero-order valence-corrected chi connectivity index (χ0v) is 11.7. The first-order valence-electron chi connectivity index (χ1n) is 6.31. The molecule has 2 bridgehead atoms. The van der Waals surface area contributed by atoms with Gasteiger partial charge in [-0.05, 0) is 13.8 Å². The Morgan fingerprint density at radius 1 is 0.950 bits per heavy atom. The molecule has 0 N–H and O–H groups in total. The van der Waals surface area contributed by atoms with Crippen LogP contribution in [0.5, 0.6) is 0 Å². The first-order chi connectivity index (χ1) is 9.39. The highest BCUT2D eigenvalue weighted by molar-refractivity contribution is 6.03. The van der Waals surface area contributed by atoms with Gasteiger partial charge in [-0.15, -0.1) is 0 Å². The number of carbonyl (C=O) groups excluding carboxylic acids is 2. The largest absolute Gasteiger partial charge is 0.466 e. The topological polar surface area (TPSA) is 80.3 Å². The third kappa shape index (κ3) is 1.70. The fraction of sp³-hybridized carbons (Fsp3) is 0.692. The summed E-state index contributed by atoms with van der Waals surface area (Å²) in [5.74, 6) is -1.99. The van der Waals surface area contributed by atoms with E-state index < -0.39 is 42.1 Å². The van der Waals surface area contributed by atoms with E-state index in [4.69, 9.17) is 23.7 Å². The van der Waals surface area contributed by atoms with E-state index in [1.165, 1.54) is 14.2 Å². The Balaban J connectivity index is 2.02. The minimum atomic E-state index is -0.775. The Labute approximate surface area is 115 Å². The van der Waals surface area contributed by atoms with Crippen molar-refractivity contribution >= 4 is 11.9 Å². The van der Waals surface area contributed by atoms with Crippen molar-refractivity contribution in [2.24, 2.45) is 0 Å². The Hall–Kier alpha value is -1.44. The summed E-state index contributed by atoms with van der Waals surface area (Å²) >= 11 is 0. The van der Waals surface area contributed by atoms with Crippen molar-refractivity contribution < 1.29 is 33.3 Å². The van der Waals surface area contributed by atoms with Crippen molar-refractivity contribution in [1.82, 2.24) is 0 Å². The Morgan fingerprint density at radius 2 is 1.35 bits per heavy atom. The highest BCUT2D eigenvalue weighted by atomic mass is 16.8. The maximum Gasteiger partial charge on any atom is 0.337 e. The van der Waals surface area contributed by atoms with E-state index >= 15 is 0 Å². The van der Waals surface area contributed by atoms with Crippen molar-refractivity contribution in [3.05, 3.63) is 11.1 Å². The molecule has 0 aromatic heterocycles. The van der Waals surface area contributed by atoms with Crippen molar-refractivity contribution in [2.45, 2.75) is 44.1 Å². The third-order valence-corrected chi connectivity index (χ3v) is 3.72. The number of hydrogen-bond acceptors (Lipinski definition) is 7. The van der Waals surface area contributed by atoms with Gasteiger partial charge in [-0.1, -0.05) is 0 Å². The molecule has 0 unspecified atom stereocenters. The van der Waals surface area contributed by atoms with Gasteiger partial charge in [0.25, 0.3) is 0 Å². The van der Waals surface area contributed by atoms with E-state index in [1.807, 2.05) is 0 Å². The van der Waals surface area contributed by atoms with Crippen LogP contribution in [0.2, 0.25) is 0 Å². The predicted octanol–water partition coefficient (Wildman–Crippen LogP) is -0.0699. The van der Waals surface area contributed by atoms with E-state index in [9.17, 15) is 9.59 Å². The number of hydrogen-bond donors (Lipinski definition) is 0. The van der Waals surface area contributed by atoms with Gasteiger partial charge in [0.1, 0.15) is 24.4 Å². The molecule has 3 aliphatic heterocycles. The minimum absolute atomic E-state index is 0.173. The van der Waals surface area contributed by atoms with Crippen molar-refractivity contribution in [2.75, 3.05) is 14.2 Å². The van der Waals surface area contributed by atoms with Crippen molar-refractivity contribution in [3.8, 4) is 0 Å². The molecule has 0 amide bonds. The van der Waals surface area contributed by atoms with Gasteiger partial charge in [-0.3, -0.25) is 0 Å². The second kappa shape index (κ2) is 4.28. The molecule has 3 heterocycles. The number of rotatable bonds is 2. The number of methoxy groups -OCH3 is 2. The van der Waals surface area contributed by atoms with Crippen LogP contribution < -0.4 is 0 Å². The van der Waals surface area contributed by atoms with Gasteiger partial charge in [0.15, 0.2) is 5.79 Å². The number of esters is 2. The standard InChI is InChI=1S/C13H16O7/c1-13(2)19-9-7-5(11(14)16-3)6(12(15)17-4)8(18-7)10(9)20-13/h7-10H,1-4H3/t7-,8+,9-,10+. The van der Waals surface area contributed by atoms with Gasteiger partial charge < -0.3 is 23.7 Å². The highest BCUT2D eigenvalue weighted by Gasteiger charge is 2.64. The average Bonchev–Trinajstić information content (AvgIpc) is 3.02. The lowest BCUT2D eigenvalue weighted by Crippen LogP contribution is -2.40. The molecule has 3 rings (SSSR count). The van der Waals surface area contributed by atoms with Crippen molar-refractivity contribution in [1.29, 1.82) is 0 Å². The lowest BCUT2D eigenvalue weighted by atomic mass is 9.87. The monoisotopic (exact) mass is 284 g/mol. The molecule has 0 spiro atoms. The van der Waals surface area contributed by atoms with E-state index in [-0.39, 0.29) is 11.1 Å². The number of fused-ring (bicyclic) bond motifs is 5. The molecule has 0 saturated carbocycles. The summed E-state index contributed by atoms with van der Waals surface area (Å²) in [5.41, 5.74) is 0.346. The van der Waals surface area contributed by atoms with E-state index in [2.05, 4.69) is 0 Å². The van der Waals surface area contributed by atoms with Gasteiger partial charge in [0, 0.05) is 0 Å². The quantitative estimate of drug-likeness (QED) is 0.657. The first kappa shape index (κ1) is 13.5. The molecule has 4 atom stereocenters. The molecule has 0 aromatic carbocycles. The third-order valence-electron chi connectivity index (χ3n) is 3.72. The maximum absolute atomic E-state index is 11.9. The summed E-state index contributed by atoms with van der Waals surface area (Å²) in [4.78, 5) is 23.8. The lowest BCUT2D eigenvalue weighted by Gasteiger charge is -2.21.